The number of nitrogens with zero attached hydrogens (tertiary/aromatic N) is 2. The minimum absolute atomic E-state index is 0.115. The highest BCUT2D eigenvalue weighted by Crippen LogP contribution is 2.13. The van der Waals surface area contributed by atoms with Crippen molar-refractivity contribution >= 4 is 11.7 Å². The summed E-state index contributed by atoms with van der Waals surface area (Å²) < 4.78 is 4.96. The third-order valence-corrected chi connectivity index (χ3v) is 3.01. The molecule has 0 atom stereocenters. The lowest BCUT2D eigenvalue weighted by Crippen LogP contribution is -2.39. The summed E-state index contributed by atoms with van der Waals surface area (Å²) in [7, 11) is 3.37. The van der Waals surface area contributed by atoms with Crippen LogP contribution in [0, 0.1) is 0 Å². The fourth-order valence-corrected chi connectivity index (χ4v) is 1.79. The number of urea groups is 1. The van der Waals surface area contributed by atoms with E-state index < -0.39 is 0 Å². The van der Waals surface area contributed by atoms with Crippen molar-refractivity contribution in [3.05, 3.63) is 18.3 Å². The van der Waals surface area contributed by atoms with E-state index in [-0.39, 0.29) is 12.1 Å². The van der Waals surface area contributed by atoms with Gasteiger partial charge >= 0.3 is 6.03 Å². The van der Waals surface area contributed by atoms with Gasteiger partial charge in [0.2, 0.25) is 5.88 Å². The van der Waals surface area contributed by atoms with Crippen LogP contribution < -0.4 is 10.1 Å². The second-order valence-corrected chi connectivity index (χ2v) is 4.10. The lowest BCUT2D eigenvalue weighted by Gasteiger charge is -2.26. The zero-order valence-electron chi connectivity index (χ0n) is 11.4. The van der Waals surface area contributed by atoms with Crippen molar-refractivity contribution < 1.29 is 9.53 Å². The first-order valence-electron chi connectivity index (χ1n) is 6.16. The van der Waals surface area contributed by atoms with Gasteiger partial charge in [-0.05, 0) is 18.9 Å². The molecular weight excluding hydrogens is 230 g/mol. The van der Waals surface area contributed by atoms with Crippen LogP contribution in [0.2, 0.25) is 0 Å². The van der Waals surface area contributed by atoms with Crippen LogP contribution in [-0.2, 0) is 0 Å². The molecule has 18 heavy (non-hydrogen) atoms. The number of carbonyl (C=O) groups excluding carboxylic acids is 1. The van der Waals surface area contributed by atoms with Crippen LogP contribution in [0.4, 0.5) is 10.5 Å². The van der Waals surface area contributed by atoms with E-state index >= 15 is 0 Å². The van der Waals surface area contributed by atoms with Crippen molar-refractivity contribution in [2.75, 3.05) is 19.5 Å². The molecule has 1 heterocycles. The molecule has 100 valence electrons. The minimum atomic E-state index is -0.115. The third-order valence-electron chi connectivity index (χ3n) is 3.01. The van der Waals surface area contributed by atoms with E-state index in [4.69, 9.17) is 4.74 Å². The van der Waals surface area contributed by atoms with E-state index in [0.29, 0.717) is 11.6 Å². The predicted molar refractivity (Wildman–Crippen MR) is 71.9 cm³/mol. The van der Waals surface area contributed by atoms with E-state index in [1.165, 1.54) is 0 Å². The van der Waals surface area contributed by atoms with E-state index in [0.717, 1.165) is 12.8 Å². The molecule has 1 aromatic rings. The van der Waals surface area contributed by atoms with Crippen LogP contribution in [0.1, 0.15) is 26.7 Å². The number of aromatic nitrogens is 1. The maximum absolute atomic E-state index is 12.0. The van der Waals surface area contributed by atoms with E-state index in [9.17, 15) is 4.79 Å². The molecule has 5 heteroatoms. The first-order valence-corrected chi connectivity index (χ1v) is 6.16. The molecule has 1 rings (SSSR count). The van der Waals surface area contributed by atoms with Crippen LogP contribution >= 0.6 is 0 Å². The van der Waals surface area contributed by atoms with Crippen LogP contribution in [0.3, 0.4) is 0 Å². The van der Waals surface area contributed by atoms with Crippen LogP contribution in [-0.4, -0.2) is 36.1 Å². The molecule has 1 aromatic heterocycles. The molecule has 0 unspecified atom stereocenters. The quantitative estimate of drug-likeness (QED) is 0.875. The van der Waals surface area contributed by atoms with Gasteiger partial charge in [-0.2, -0.15) is 0 Å². The highest BCUT2D eigenvalue weighted by Gasteiger charge is 2.16. The van der Waals surface area contributed by atoms with Gasteiger partial charge in [-0.3, -0.25) is 0 Å². The Morgan fingerprint density at radius 1 is 1.44 bits per heavy atom. The SMILES string of the molecule is CCC(CC)N(C)C(=O)Nc1ccc(OC)nc1. The molecule has 0 aliphatic rings. The number of methoxy groups -OCH3 is 1. The second-order valence-electron chi connectivity index (χ2n) is 4.10. The molecule has 2 amide bonds. The first kappa shape index (κ1) is 14.3. The summed E-state index contributed by atoms with van der Waals surface area (Å²) in [6.07, 6.45) is 3.47. The molecule has 1 N–H and O–H groups in total. The normalized spacial score (nSPS) is 10.3. The fraction of sp³-hybridized carbons (Fsp3) is 0.538. The van der Waals surface area contributed by atoms with Gasteiger partial charge in [0.25, 0.3) is 0 Å². The molecule has 0 saturated heterocycles. The van der Waals surface area contributed by atoms with Gasteiger partial charge in [-0.25, -0.2) is 9.78 Å². The number of nitrogens with one attached hydrogen (secondary N) is 1. The molecule has 0 spiro atoms. The number of rotatable bonds is 5. The average Bonchev–Trinajstić information content (AvgIpc) is 2.40. The van der Waals surface area contributed by atoms with Crippen molar-refractivity contribution in [1.29, 1.82) is 0 Å². The molecule has 0 aliphatic carbocycles. The Bertz CT molecular complexity index is 374. The monoisotopic (exact) mass is 251 g/mol. The van der Waals surface area contributed by atoms with Gasteiger partial charge in [0.15, 0.2) is 0 Å². The summed E-state index contributed by atoms with van der Waals surface area (Å²) in [5.41, 5.74) is 0.665. The van der Waals surface area contributed by atoms with Crippen molar-refractivity contribution in [3.63, 3.8) is 0 Å². The number of amides is 2. The first-order chi connectivity index (χ1) is 8.62. The molecule has 0 aliphatic heterocycles. The van der Waals surface area contributed by atoms with Crippen molar-refractivity contribution in [2.45, 2.75) is 32.7 Å². The zero-order valence-corrected chi connectivity index (χ0v) is 11.4. The van der Waals surface area contributed by atoms with Crippen LogP contribution in [0.15, 0.2) is 18.3 Å². The number of ether oxygens (including phenoxy) is 1. The predicted octanol–water partition coefficient (Wildman–Crippen LogP) is 2.74. The summed E-state index contributed by atoms with van der Waals surface area (Å²) in [5.74, 6) is 0.529. The highest BCUT2D eigenvalue weighted by atomic mass is 16.5. The molecular formula is C13H21N3O2. The van der Waals surface area contributed by atoms with Gasteiger partial charge < -0.3 is 15.0 Å². The standard InChI is InChI=1S/C13H21N3O2/c1-5-11(6-2)16(3)13(17)15-10-7-8-12(18-4)14-9-10/h7-9,11H,5-6H2,1-4H3,(H,15,17). The summed E-state index contributed by atoms with van der Waals surface area (Å²) in [4.78, 5) is 17.7. The average molecular weight is 251 g/mol. The topological polar surface area (TPSA) is 54.5 Å². The van der Waals surface area contributed by atoms with E-state index in [1.807, 2.05) is 7.05 Å². The van der Waals surface area contributed by atoms with Gasteiger partial charge in [0.1, 0.15) is 0 Å². The Balaban J connectivity index is 2.62. The minimum Gasteiger partial charge on any atom is -0.481 e. The molecule has 0 radical (unpaired) electrons. The Kier molecular flexibility index (Phi) is 5.42. The molecule has 0 saturated carbocycles. The zero-order chi connectivity index (χ0) is 13.5. The third kappa shape index (κ3) is 3.61. The Morgan fingerprint density at radius 2 is 2.11 bits per heavy atom. The largest absolute Gasteiger partial charge is 0.481 e. The lowest BCUT2D eigenvalue weighted by atomic mass is 10.1. The summed E-state index contributed by atoms with van der Waals surface area (Å²) in [6.45, 7) is 4.15. The van der Waals surface area contributed by atoms with Crippen molar-refractivity contribution in [3.8, 4) is 5.88 Å². The second kappa shape index (κ2) is 6.83. The number of hydrogen-bond acceptors (Lipinski definition) is 3. The molecule has 0 bridgehead atoms. The number of carbonyl (C=O) groups is 1. The summed E-state index contributed by atoms with van der Waals surface area (Å²) in [6, 6.07) is 3.63. The molecule has 0 aromatic carbocycles. The highest BCUT2D eigenvalue weighted by molar-refractivity contribution is 5.89. The molecule has 5 nitrogen and oxygen atoms in total. The summed E-state index contributed by atoms with van der Waals surface area (Å²) >= 11 is 0. The smallest absolute Gasteiger partial charge is 0.321 e. The number of pyridine rings is 1. The van der Waals surface area contributed by atoms with Crippen molar-refractivity contribution in [1.82, 2.24) is 9.88 Å². The van der Waals surface area contributed by atoms with Crippen LogP contribution in [0.5, 0.6) is 5.88 Å². The van der Waals surface area contributed by atoms with Gasteiger partial charge in [-0.15, -0.1) is 0 Å². The fourth-order valence-electron chi connectivity index (χ4n) is 1.79. The number of hydrogen-bond donors (Lipinski definition) is 1. The Labute approximate surface area is 108 Å². The molecule has 0 fully saturated rings. The Hall–Kier alpha value is -1.78. The maximum Gasteiger partial charge on any atom is 0.321 e. The van der Waals surface area contributed by atoms with Gasteiger partial charge in [0.05, 0.1) is 19.0 Å². The van der Waals surface area contributed by atoms with Crippen LogP contribution in [0.25, 0.3) is 0 Å². The van der Waals surface area contributed by atoms with E-state index in [2.05, 4.69) is 24.1 Å². The maximum atomic E-state index is 12.0. The van der Waals surface area contributed by atoms with Crippen molar-refractivity contribution in [2.24, 2.45) is 0 Å². The van der Waals surface area contributed by atoms with E-state index in [1.54, 1.807) is 30.3 Å². The lowest BCUT2D eigenvalue weighted by molar-refractivity contribution is 0.200. The summed E-state index contributed by atoms with van der Waals surface area (Å²) in [5, 5.41) is 2.81. The van der Waals surface area contributed by atoms with Gasteiger partial charge in [-0.1, -0.05) is 13.8 Å². The van der Waals surface area contributed by atoms with Gasteiger partial charge in [0, 0.05) is 19.2 Å². The Morgan fingerprint density at radius 3 is 2.56 bits per heavy atom. The number of anilines is 1.